The van der Waals surface area contributed by atoms with E-state index in [1.165, 1.54) is 7.11 Å². The highest BCUT2D eigenvalue weighted by molar-refractivity contribution is 8.26. The summed E-state index contributed by atoms with van der Waals surface area (Å²) in [5, 5.41) is 4.81. The van der Waals surface area contributed by atoms with Crippen molar-refractivity contribution in [2.75, 3.05) is 19.2 Å². The zero-order chi connectivity index (χ0) is 28.5. The quantitative estimate of drug-likeness (QED) is 0.240. The van der Waals surface area contributed by atoms with Gasteiger partial charge in [0.2, 0.25) is 12.7 Å². The zero-order valence-corrected chi connectivity index (χ0v) is 23.2. The number of hydrogen-bond acceptors (Lipinski definition) is 8. The first-order chi connectivity index (χ1) is 19.9. The summed E-state index contributed by atoms with van der Waals surface area (Å²) < 4.78 is 17.8. The molecule has 1 saturated heterocycles. The van der Waals surface area contributed by atoms with Crippen LogP contribution in [0.25, 0.3) is 17.0 Å². The van der Waals surface area contributed by atoms with Crippen LogP contribution in [-0.4, -0.2) is 45.5 Å². The fourth-order valence-electron chi connectivity index (χ4n) is 4.46. The Bertz CT molecular complexity index is 1750. The first kappa shape index (κ1) is 26.4. The van der Waals surface area contributed by atoms with Gasteiger partial charge in [-0.05, 0) is 60.8 Å². The van der Waals surface area contributed by atoms with E-state index in [2.05, 4.69) is 10.7 Å². The molecule has 0 spiro atoms. The molecule has 2 aliphatic rings. The number of para-hydroxylation sites is 1. The lowest BCUT2D eigenvalue weighted by molar-refractivity contribution is -0.123. The van der Waals surface area contributed by atoms with Crippen LogP contribution in [0.4, 0.5) is 5.69 Å². The molecule has 1 fully saturated rings. The highest BCUT2D eigenvalue weighted by Gasteiger charge is 2.34. The van der Waals surface area contributed by atoms with Gasteiger partial charge in [-0.2, -0.15) is 5.01 Å². The molecule has 3 amide bonds. The number of methoxy groups -OCH3 is 1. The maximum absolute atomic E-state index is 13.2. The number of ether oxygens (including phenoxy) is 3. The summed E-state index contributed by atoms with van der Waals surface area (Å²) in [5.74, 6) is 0.668. The van der Waals surface area contributed by atoms with E-state index in [0.29, 0.717) is 33.4 Å². The number of amides is 3. The number of hydrogen-bond donors (Lipinski definition) is 2. The highest BCUT2D eigenvalue weighted by atomic mass is 32.2. The smallest absolute Gasteiger partial charge is 0.285 e. The predicted octanol–water partition coefficient (Wildman–Crippen LogP) is 4.56. The minimum atomic E-state index is -0.477. The molecule has 3 heterocycles. The fourth-order valence-corrected chi connectivity index (χ4v) is 5.63. The number of nitrogens with zero attached hydrogens (tertiary/aromatic N) is 2. The number of carbonyl (C=O) groups is 3. The van der Waals surface area contributed by atoms with Crippen molar-refractivity contribution in [2.24, 2.45) is 0 Å². The molecular weight excluding hydrogens is 564 g/mol. The summed E-state index contributed by atoms with van der Waals surface area (Å²) in [6.07, 6.45) is 3.53. The third-order valence-electron chi connectivity index (χ3n) is 6.44. The first-order valence-corrected chi connectivity index (χ1v) is 13.6. The Morgan fingerprint density at radius 2 is 1.85 bits per heavy atom. The number of anilines is 1. The van der Waals surface area contributed by atoms with Crippen molar-refractivity contribution < 1.29 is 28.6 Å². The van der Waals surface area contributed by atoms with Crippen molar-refractivity contribution in [3.8, 4) is 17.2 Å². The van der Waals surface area contributed by atoms with Crippen LogP contribution in [-0.2, 0) is 16.1 Å². The minimum Gasteiger partial charge on any atom is -0.497 e. The van der Waals surface area contributed by atoms with Crippen LogP contribution >= 0.6 is 24.0 Å². The summed E-state index contributed by atoms with van der Waals surface area (Å²) in [7, 11) is 1.54. The summed E-state index contributed by atoms with van der Waals surface area (Å²) in [6, 6.07) is 19.3. The third-order valence-corrected chi connectivity index (χ3v) is 7.74. The van der Waals surface area contributed by atoms with Crippen LogP contribution in [0, 0.1) is 0 Å². The molecule has 12 heteroatoms. The second-order valence-electron chi connectivity index (χ2n) is 9.03. The molecule has 41 heavy (non-hydrogen) atoms. The second-order valence-corrected chi connectivity index (χ2v) is 10.7. The largest absolute Gasteiger partial charge is 0.497 e. The summed E-state index contributed by atoms with van der Waals surface area (Å²) in [6.45, 7) is 0.195. The minimum absolute atomic E-state index is 0.0433. The number of thiocarbonyl (C=S) groups is 1. The van der Waals surface area contributed by atoms with E-state index < -0.39 is 11.8 Å². The maximum Gasteiger partial charge on any atom is 0.285 e. The van der Waals surface area contributed by atoms with Gasteiger partial charge in [0.25, 0.3) is 11.8 Å². The van der Waals surface area contributed by atoms with Gasteiger partial charge in [0.1, 0.15) is 12.3 Å². The van der Waals surface area contributed by atoms with Crippen molar-refractivity contribution in [3.63, 3.8) is 0 Å². The van der Waals surface area contributed by atoms with E-state index in [9.17, 15) is 14.4 Å². The van der Waals surface area contributed by atoms with Gasteiger partial charge in [-0.3, -0.25) is 19.8 Å². The Morgan fingerprint density at radius 1 is 1.07 bits per heavy atom. The number of nitrogens with one attached hydrogen (secondary N) is 2. The summed E-state index contributed by atoms with van der Waals surface area (Å²) in [5.41, 5.74) is 5.08. The van der Waals surface area contributed by atoms with Gasteiger partial charge < -0.3 is 24.1 Å². The standard InChI is InChI=1S/C29H22N4O6S2/c1-37-20-9-6-17(7-10-20)27(35)31-33-28(36)25(41-29(33)40)12-18-14-32(22-5-3-2-4-21(18)22)15-26(34)30-19-8-11-23-24(13-19)39-16-38-23/h2-14H,15-16H2,1H3,(H,30,34)(H,31,35)/b25-12-. The average Bonchev–Trinajstić information content (AvgIpc) is 3.66. The van der Waals surface area contributed by atoms with E-state index >= 15 is 0 Å². The summed E-state index contributed by atoms with van der Waals surface area (Å²) in [4.78, 5) is 39.2. The van der Waals surface area contributed by atoms with Crippen molar-refractivity contribution >= 4 is 68.7 Å². The second kappa shape index (κ2) is 11.0. The Kier molecular flexibility index (Phi) is 7.08. The maximum atomic E-state index is 13.2. The van der Waals surface area contributed by atoms with Gasteiger partial charge in [-0.15, -0.1) is 0 Å². The number of fused-ring (bicyclic) bond motifs is 2. The number of benzene rings is 3. The molecule has 0 radical (unpaired) electrons. The van der Waals surface area contributed by atoms with Crippen molar-refractivity contribution in [1.82, 2.24) is 15.0 Å². The lowest BCUT2D eigenvalue weighted by Crippen LogP contribution is -2.44. The van der Waals surface area contributed by atoms with E-state index in [1.807, 2.05) is 35.0 Å². The van der Waals surface area contributed by atoms with Crippen LogP contribution in [0.2, 0.25) is 0 Å². The number of thioether (sulfide) groups is 1. The normalized spacial score (nSPS) is 15.0. The van der Waals surface area contributed by atoms with Crippen molar-refractivity contribution in [2.45, 2.75) is 6.54 Å². The molecule has 6 rings (SSSR count). The molecule has 0 unspecified atom stereocenters. The molecule has 1 aromatic heterocycles. The predicted molar refractivity (Wildman–Crippen MR) is 159 cm³/mol. The van der Waals surface area contributed by atoms with Gasteiger partial charge in [0, 0.05) is 40.0 Å². The SMILES string of the molecule is COc1ccc(C(=O)NN2C(=O)/C(=C/c3cn(CC(=O)Nc4ccc5c(c4)OCO5)c4ccccc34)SC2=S)cc1. The van der Waals surface area contributed by atoms with Gasteiger partial charge in [0.15, 0.2) is 15.8 Å². The Balaban J connectivity index is 1.20. The van der Waals surface area contributed by atoms with Crippen LogP contribution in [0.1, 0.15) is 15.9 Å². The lowest BCUT2D eigenvalue weighted by Gasteiger charge is -2.15. The molecule has 0 saturated carbocycles. The molecule has 0 aliphatic carbocycles. The van der Waals surface area contributed by atoms with Gasteiger partial charge in [-0.1, -0.05) is 30.0 Å². The van der Waals surface area contributed by atoms with Crippen LogP contribution in [0.3, 0.4) is 0 Å². The molecule has 2 N–H and O–H groups in total. The topological polar surface area (TPSA) is 111 Å². The Hall–Kier alpha value is -4.81. The van der Waals surface area contributed by atoms with E-state index in [-0.39, 0.29) is 23.6 Å². The molecular formula is C29H22N4O6S2. The summed E-state index contributed by atoms with van der Waals surface area (Å²) >= 11 is 6.47. The molecule has 2 aliphatic heterocycles. The molecule has 0 atom stereocenters. The van der Waals surface area contributed by atoms with Crippen LogP contribution < -0.4 is 25.0 Å². The monoisotopic (exact) mass is 586 g/mol. The van der Waals surface area contributed by atoms with Gasteiger partial charge in [0.05, 0.1) is 12.0 Å². The molecule has 4 aromatic rings. The number of carbonyl (C=O) groups excluding carboxylic acids is 3. The van der Waals surface area contributed by atoms with Crippen molar-refractivity contribution in [3.05, 3.63) is 89.0 Å². The van der Waals surface area contributed by atoms with E-state index in [1.54, 1.807) is 48.5 Å². The highest BCUT2D eigenvalue weighted by Crippen LogP contribution is 2.35. The number of hydrazine groups is 1. The number of rotatable bonds is 7. The zero-order valence-electron chi connectivity index (χ0n) is 21.6. The number of aromatic nitrogens is 1. The molecule has 0 bridgehead atoms. The van der Waals surface area contributed by atoms with Crippen LogP contribution in [0.5, 0.6) is 17.2 Å². The Labute approximate surface area is 243 Å². The van der Waals surface area contributed by atoms with Crippen molar-refractivity contribution in [1.29, 1.82) is 0 Å². The van der Waals surface area contributed by atoms with E-state index in [0.717, 1.165) is 33.2 Å². The van der Waals surface area contributed by atoms with E-state index in [4.69, 9.17) is 26.4 Å². The first-order valence-electron chi connectivity index (χ1n) is 12.4. The fraction of sp³-hybridized carbons (Fsp3) is 0.103. The molecule has 10 nitrogen and oxygen atoms in total. The third kappa shape index (κ3) is 5.34. The average molecular weight is 587 g/mol. The van der Waals surface area contributed by atoms with Gasteiger partial charge in [-0.25, -0.2) is 0 Å². The lowest BCUT2D eigenvalue weighted by atomic mass is 10.1. The van der Waals surface area contributed by atoms with Crippen LogP contribution in [0.15, 0.2) is 77.8 Å². The Morgan fingerprint density at radius 3 is 2.66 bits per heavy atom. The molecule has 3 aromatic carbocycles. The van der Waals surface area contributed by atoms with Gasteiger partial charge >= 0.3 is 0 Å². The molecule has 206 valence electrons.